The van der Waals surface area contributed by atoms with Crippen molar-refractivity contribution in [3.63, 3.8) is 0 Å². The van der Waals surface area contributed by atoms with Crippen LogP contribution in [-0.2, 0) is 0 Å². The maximum atomic E-state index is 12.5. The number of nitrogen functional groups attached to an aromatic ring is 1. The molecule has 4 bridgehead atoms. The fourth-order valence-corrected chi connectivity index (χ4v) is 5.17. The van der Waals surface area contributed by atoms with Crippen LogP contribution in [-0.4, -0.2) is 16.4 Å². The third kappa shape index (κ3) is 1.89. The molecule has 0 unspecified atom stereocenters. The standard InChI is InChI=1S/C16H21N3O/c17-13-2-1-3-18-14(13)15(20)19-16-7-10-4-11(8-16)6-12(5-10)9-16/h1-3,10-12H,4-9,17H2,(H,19,20). The van der Waals surface area contributed by atoms with Crippen LogP contribution in [0.3, 0.4) is 0 Å². The van der Waals surface area contributed by atoms with E-state index in [1.165, 1.54) is 19.3 Å². The number of pyridine rings is 1. The fourth-order valence-electron chi connectivity index (χ4n) is 5.17. The van der Waals surface area contributed by atoms with Gasteiger partial charge in [-0.05, 0) is 68.4 Å². The molecular formula is C16H21N3O. The average Bonchev–Trinajstić information content (AvgIpc) is 2.36. The van der Waals surface area contributed by atoms with Crippen LogP contribution in [0, 0.1) is 17.8 Å². The van der Waals surface area contributed by atoms with Crippen LogP contribution in [0.5, 0.6) is 0 Å². The third-order valence-electron chi connectivity index (χ3n) is 5.47. The number of aromatic nitrogens is 1. The summed E-state index contributed by atoms with van der Waals surface area (Å²) in [4.78, 5) is 16.6. The van der Waals surface area contributed by atoms with E-state index < -0.39 is 0 Å². The summed E-state index contributed by atoms with van der Waals surface area (Å²) in [5.74, 6) is 2.37. The molecule has 1 amide bonds. The number of hydrogen-bond donors (Lipinski definition) is 2. The number of nitrogens with zero attached hydrogens (tertiary/aromatic N) is 1. The molecule has 0 aromatic carbocycles. The van der Waals surface area contributed by atoms with Crippen LogP contribution in [0.2, 0.25) is 0 Å². The Morgan fingerprint density at radius 1 is 1.20 bits per heavy atom. The Labute approximate surface area is 119 Å². The zero-order valence-corrected chi connectivity index (χ0v) is 11.6. The largest absolute Gasteiger partial charge is 0.397 e. The molecule has 4 fully saturated rings. The van der Waals surface area contributed by atoms with Gasteiger partial charge in [0, 0.05) is 11.7 Å². The van der Waals surface area contributed by atoms with Crippen molar-refractivity contribution in [2.24, 2.45) is 17.8 Å². The summed E-state index contributed by atoms with van der Waals surface area (Å²) in [5.41, 5.74) is 6.73. The van der Waals surface area contributed by atoms with Crippen LogP contribution in [0.15, 0.2) is 18.3 Å². The lowest BCUT2D eigenvalue weighted by molar-refractivity contribution is -0.0167. The van der Waals surface area contributed by atoms with Gasteiger partial charge in [-0.25, -0.2) is 4.98 Å². The van der Waals surface area contributed by atoms with Crippen molar-refractivity contribution in [1.29, 1.82) is 0 Å². The van der Waals surface area contributed by atoms with E-state index in [4.69, 9.17) is 5.73 Å². The highest BCUT2D eigenvalue weighted by Crippen LogP contribution is 2.55. The lowest BCUT2D eigenvalue weighted by Gasteiger charge is -2.56. The van der Waals surface area contributed by atoms with Crippen molar-refractivity contribution in [3.8, 4) is 0 Å². The number of carbonyl (C=O) groups excluding carboxylic acids is 1. The minimum atomic E-state index is -0.0925. The Balaban J connectivity index is 1.57. The highest BCUT2D eigenvalue weighted by Gasteiger charge is 2.51. The number of nitrogens with two attached hydrogens (primary N) is 1. The van der Waals surface area contributed by atoms with Crippen molar-refractivity contribution in [2.75, 3.05) is 5.73 Å². The molecule has 4 heteroatoms. The molecule has 4 aliphatic carbocycles. The minimum absolute atomic E-state index is 0.0236. The summed E-state index contributed by atoms with van der Waals surface area (Å²) in [7, 11) is 0. The van der Waals surface area contributed by atoms with E-state index in [1.807, 2.05) is 0 Å². The van der Waals surface area contributed by atoms with Gasteiger partial charge in [-0.2, -0.15) is 0 Å². The van der Waals surface area contributed by atoms with Gasteiger partial charge in [0.15, 0.2) is 5.69 Å². The van der Waals surface area contributed by atoms with Crippen LogP contribution < -0.4 is 11.1 Å². The summed E-state index contributed by atoms with van der Waals surface area (Å²) in [6.07, 6.45) is 9.21. The normalized spacial score (nSPS) is 37.9. The Bertz CT molecular complexity index is 519. The molecular weight excluding hydrogens is 250 g/mol. The highest BCUT2D eigenvalue weighted by atomic mass is 16.2. The molecule has 0 atom stereocenters. The van der Waals surface area contributed by atoms with E-state index in [0.717, 1.165) is 37.0 Å². The van der Waals surface area contributed by atoms with Gasteiger partial charge in [0.1, 0.15) is 0 Å². The van der Waals surface area contributed by atoms with Crippen molar-refractivity contribution >= 4 is 11.6 Å². The molecule has 20 heavy (non-hydrogen) atoms. The number of nitrogens with one attached hydrogen (secondary N) is 1. The molecule has 4 aliphatic rings. The quantitative estimate of drug-likeness (QED) is 0.867. The Kier molecular flexibility index (Phi) is 2.56. The summed E-state index contributed by atoms with van der Waals surface area (Å²) < 4.78 is 0. The first-order chi connectivity index (χ1) is 9.63. The topological polar surface area (TPSA) is 68.0 Å². The van der Waals surface area contributed by atoms with Gasteiger partial charge in [-0.1, -0.05) is 0 Å². The van der Waals surface area contributed by atoms with Gasteiger partial charge in [-0.3, -0.25) is 4.79 Å². The van der Waals surface area contributed by atoms with Crippen molar-refractivity contribution in [3.05, 3.63) is 24.0 Å². The summed E-state index contributed by atoms with van der Waals surface area (Å²) in [6.45, 7) is 0. The SMILES string of the molecule is Nc1cccnc1C(=O)NC12CC3CC(CC(C3)C1)C2. The van der Waals surface area contributed by atoms with E-state index in [9.17, 15) is 4.79 Å². The molecule has 3 N–H and O–H groups in total. The number of carbonyl (C=O) groups is 1. The Morgan fingerprint density at radius 3 is 2.35 bits per heavy atom. The summed E-state index contributed by atoms with van der Waals surface area (Å²) >= 11 is 0. The first kappa shape index (κ1) is 12.2. The van der Waals surface area contributed by atoms with Gasteiger partial charge < -0.3 is 11.1 Å². The van der Waals surface area contributed by atoms with Crippen LogP contribution in [0.25, 0.3) is 0 Å². The van der Waals surface area contributed by atoms with Gasteiger partial charge in [-0.15, -0.1) is 0 Å². The molecule has 0 radical (unpaired) electrons. The lowest BCUT2D eigenvalue weighted by Crippen LogP contribution is -2.60. The Morgan fingerprint density at radius 2 is 1.80 bits per heavy atom. The predicted molar refractivity (Wildman–Crippen MR) is 77.0 cm³/mol. The minimum Gasteiger partial charge on any atom is -0.397 e. The van der Waals surface area contributed by atoms with E-state index in [2.05, 4.69) is 10.3 Å². The van der Waals surface area contributed by atoms with Gasteiger partial charge in [0.2, 0.25) is 0 Å². The van der Waals surface area contributed by atoms with Crippen molar-refractivity contribution in [1.82, 2.24) is 10.3 Å². The van der Waals surface area contributed by atoms with E-state index >= 15 is 0 Å². The number of hydrogen-bond acceptors (Lipinski definition) is 3. The molecule has 4 saturated carbocycles. The highest BCUT2D eigenvalue weighted by molar-refractivity contribution is 5.97. The Hall–Kier alpha value is -1.58. The molecule has 4 nitrogen and oxygen atoms in total. The predicted octanol–water partition coefficient (Wildman–Crippen LogP) is 2.36. The second-order valence-electron chi connectivity index (χ2n) is 7.09. The van der Waals surface area contributed by atoms with Crippen molar-refractivity contribution in [2.45, 2.75) is 44.1 Å². The zero-order valence-electron chi connectivity index (χ0n) is 11.6. The van der Waals surface area contributed by atoms with Crippen LogP contribution >= 0.6 is 0 Å². The monoisotopic (exact) mass is 271 g/mol. The maximum Gasteiger partial charge on any atom is 0.272 e. The van der Waals surface area contributed by atoms with Crippen molar-refractivity contribution < 1.29 is 4.79 Å². The van der Waals surface area contributed by atoms with E-state index in [0.29, 0.717) is 11.4 Å². The molecule has 106 valence electrons. The number of rotatable bonds is 2. The molecule has 1 aromatic rings. The number of anilines is 1. The second kappa shape index (κ2) is 4.21. The molecule has 0 saturated heterocycles. The fraction of sp³-hybridized carbons (Fsp3) is 0.625. The first-order valence-corrected chi connectivity index (χ1v) is 7.66. The summed E-state index contributed by atoms with van der Waals surface area (Å²) in [5, 5.41) is 3.30. The van der Waals surface area contributed by atoms with Gasteiger partial charge in [0.05, 0.1) is 5.69 Å². The lowest BCUT2D eigenvalue weighted by atomic mass is 9.53. The third-order valence-corrected chi connectivity index (χ3v) is 5.47. The van der Waals surface area contributed by atoms with Crippen LogP contribution in [0.4, 0.5) is 5.69 Å². The summed E-state index contributed by atoms with van der Waals surface area (Å²) in [6, 6.07) is 3.50. The maximum absolute atomic E-state index is 12.5. The average molecular weight is 271 g/mol. The molecule has 1 aromatic heterocycles. The van der Waals surface area contributed by atoms with E-state index in [-0.39, 0.29) is 11.4 Å². The van der Waals surface area contributed by atoms with Gasteiger partial charge >= 0.3 is 0 Å². The van der Waals surface area contributed by atoms with Gasteiger partial charge in [0.25, 0.3) is 5.91 Å². The molecule has 1 heterocycles. The van der Waals surface area contributed by atoms with Crippen LogP contribution in [0.1, 0.15) is 49.0 Å². The first-order valence-electron chi connectivity index (χ1n) is 7.66. The molecule has 5 rings (SSSR count). The molecule has 0 spiro atoms. The van der Waals surface area contributed by atoms with E-state index in [1.54, 1.807) is 18.3 Å². The second-order valence-corrected chi connectivity index (χ2v) is 7.09. The number of amides is 1. The zero-order chi connectivity index (χ0) is 13.7. The molecule has 0 aliphatic heterocycles. The smallest absolute Gasteiger partial charge is 0.272 e.